The molecule has 1 amide bonds. The molecule has 1 heterocycles. The molecule has 0 unspecified atom stereocenters. The van der Waals surface area contributed by atoms with Crippen molar-refractivity contribution in [1.82, 2.24) is 5.32 Å². The fraction of sp³-hybridized carbons (Fsp3) is 0.0588. The van der Waals surface area contributed by atoms with E-state index in [0.29, 0.717) is 5.03 Å². The molecule has 1 N–H and O–H groups in total. The molecule has 2 aromatic rings. The van der Waals surface area contributed by atoms with Gasteiger partial charge in [0, 0.05) is 5.69 Å². The molecular weight excluding hydrogens is 294 g/mol. The number of hydrogen-bond donors (Lipinski definition) is 2. The lowest BCUT2D eigenvalue weighted by Crippen LogP contribution is -2.46. The van der Waals surface area contributed by atoms with Crippen LogP contribution in [0, 0.1) is 11.3 Å². The normalized spacial score (nSPS) is 17.9. The van der Waals surface area contributed by atoms with E-state index in [0.717, 1.165) is 11.3 Å². The van der Waals surface area contributed by atoms with E-state index in [2.05, 4.69) is 17.9 Å². The Morgan fingerprint density at radius 1 is 1.05 bits per heavy atom. The highest BCUT2D eigenvalue weighted by Crippen LogP contribution is 2.35. The van der Waals surface area contributed by atoms with Gasteiger partial charge in [-0.15, -0.1) is 12.6 Å². The van der Waals surface area contributed by atoms with Gasteiger partial charge < -0.3 is 10.2 Å². The van der Waals surface area contributed by atoms with Gasteiger partial charge in [0.2, 0.25) is 0 Å². The topological polar surface area (TPSA) is 56.1 Å². The van der Waals surface area contributed by atoms with Crippen molar-refractivity contribution < 1.29 is 4.79 Å². The van der Waals surface area contributed by atoms with Crippen molar-refractivity contribution in [1.29, 1.82) is 5.26 Å². The lowest BCUT2D eigenvalue weighted by atomic mass is 10.1. The van der Waals surface area contributed by atoms with Crippen molar-refractivity contribution in [2.75, 3.05) is 4.90 Å². The van der Waals surface area contributed by atoms with E-state index in [1.807, 2.05) is 71.6 Å². The molecule has 5 heteroatoms. The van der Waals surface area contributed by atoms with Crippen LogP contribution in [-0.2, 0) is 4.79 Å². The molecule has 4 nitrogen and oxygen atoms in total. The van der Waals surface area contributed by atoms with Gasteiger partial charge in [-0.25, -0.2) is 0 Å². The quantitative estimate of drug-likeness (QED) is 0.839. The molecular formula is C17H13N3OS. The second-order valence-corrected chi connectivity index (χ2v) is 5.23. The van der Waals surface area contributed by atoms with Crippen molar-refractivity contribution in [3.63, 3.8) is 0 Å². The first kappa shape index (κ1) is 14.2. The van der Waals surface area contributed by atoms with Crippen LogP contribution in [0.15, 0.2) is 71.3 Å². The van der Waals surface area contributed by atoms with E-state index < -0.39 is 12.1 Å². The van der Waals surface area contributed by atoms with Gasteiger partial charge in [-0.05, 0) is 17.7 Å². The summed E-state index contributed by atoms with van der Waals surface area (Å²) in [6.45, 7) is 0. The summed E-state index contributed by atoms with van der Waals surface area (Å²) < 4.78 is 0. The zero-order chi connectivity index (χ0) is 15.5. The molecule has 0 aromatic heterocycles. The van der Waals surface area contributed by atoms with Crippen molar-refractivity contribution in [3.8, 4) is 6.07 Å². The highest BCUT2D eigenvalue weighted by Gasteiger charge is 2.33. The molecule has 3 rings (SSSR count). The van der Waals surface area contributed by atoms with Gasteiger partial charge >= 0.3 is 0 Å². The number of carbonyl (C=O) groups excluding carboxylic acids is 1. The van der Waals surface area contributed by atoms with Gasteiger partial charge in [-0.3, -0.25) is 4.79 Å². The third-order valence-corrected chi connectivity index (χ3v) is 3.91. The lowest BCUT2D eigenvalue weighted by Gasteiger charge is -2.37. The molecule has 1 aliphatic heterocycles. The fourth-order valence-corrected chi connectivity index (χ4v) is 2.82. The van der Waals surface area contributed by atoms with Crippen molar-refractivity contribution in [3.05, 3.63) is 76.8 Å². The summed E-state index contributed by atoms with van der Waals surface area (Å²) in [4.78, 5) is 14.0. The number of nitriles is 1. The van der Waals surface area contributed by atoms with Gasteiger partial charge in [0.05, 0.1) is 5.03 Å². The maximum absolute atomic E-state index is 12.1. The molecule has 22 heavy (non-hydrogen) atoms. The predicted octanol–water partition coefficient (Wildman–Crippen LogP) is 2.99. The Morgan fingerprint density at radius 3 is 2.23 bits per heavy atom. The van der Waals surface area contributed by atoms with Crippen LogP contribution in [0.1, 0.15) is 11.7 Å². The number of hydrogen-bond acceptors (Lipinski definition) is 4. The number of anilines is 1. The minimum atomic E-state index is -0.409. The molecule has 108 valence electrons. The fourth-order valence-electron chi connectivity index (χ4n) is 2.43. The van der Waals surface area contributed by atoms with Crippen LogP contribution in [0.5, 0.6) is 0 Å². The summed E-state index contributed by atoms with van der Waals surface area (Å²) >= 11 is 4.43. The Hall–Kier alpha value is -2.71. The largest absolute Gasteiger partial charge is 0.327 e. The monoisotopic (exact) mass is 307 g/mol. The number of para-hydroxylation sites is 1. The molecule has 0 aliphatic carbocycles. The maximum atomic E-state index is 12.1. The first-order valence-electron chi connectivity index (χ1n) is 6.76. The van der Waals surface area contributed by atoms with Crippen LogP contribution >= 0.6 is 12.6 Å². The minimum absolute atomic E-state index is 0.0133. The first-order valence-corrected chi connectivity index (χ1v) is 7.20. The number of nitrogens with one attached hydrogen (secondary N) is 1. The third kappa shape index (κ3) is 2.45. The van der Waals surface area contributed by atoms with Crippen LogP contribution in [0.25, 0.3) is 0 Å². The number of nitrogens with zero attached hydrogens (tertiary/aromatic N) is 2. The standard InChI is InChI=1S/C17H13N3OS/c18-11-14-16(21)19-15(12-7-3-1-4-8-12)20(17(14)22)13-9-5-2-6-10-13/h1-10,15,22H,(H,19,21)/t15-/m0/s1. The van der Waals surface area contributed by atoms with Crippen molar-refractivity contribution in [2.24, 2.45) is 0 Å². The highest BCUT2D eigenvalue weighted by molar-refractivity contribution is 7.84. The van der Waals surface area contributed by atoms with Gasteiger partial charge in [0.25, 0.3) is 5.91 Å². The molecule has 0 saturated heterocycles. The summed E-state index contributed by atoms with van der Waals surface area (Å²) in [5.74, 6) is -0.409. The van der Waals surface area contributed by atoms with Gasteiger partial charge in [0.1, 0.15) is 17.8 Å². The average molecular weight is 307 g/mol. The number of carbonyl (C=O) groups is 1. The third-order valence-electron chi connectivity index (χ3n) is 3.47. The second-order valence-electron chi connectivity index (χ2n) is 4.80. The number of amides is 1. The molecule has 0 saturated carbocycles. The molecule has 1 aliphatic rings. The van der Waals surface area contributed by atoms with E-state index in [4.69, 9.17) is 0 Å². The van der Waals surface area contributed by atoms with Gasteiger partial charge in [0.15, 0.2) is 0 Å². The Morgan fingerprint density at radius 2 is 1.64 bits per heavy atom. The van der Waals surface area contributed by atoms with Crippen molar-refractivity contribution in [2.45, 2.75) is 6.17 Å². The molecule has 0 spiro atoms. The molecule has 0 bridgehead atoms. The average Bonchev–Trinajstić information content (AvgIpc) is 2.56. The number of benzene rings is 2. The summed E-state index contributed by atoms with van der Waals surface area (Å²) in [7, 11) is 0. The van der Waals surface area contributed by atoms with Crippen LogP contribution < -0.4 is 10.2 Å². The summed E-state index contributed by atoms with van der Waals surface area (Å²) in [5, 5.41) is 12.4. The number of thiol groups is 1. The van der Waals surface area contributed by atoms with Gasteiger partial charge in [-0.2, -0.15) is 5.26 Å². The SMILES string of the molecule is N#CC1=C(S)N(c2ccccc2)[C@@H](c2ccccc2)NC1=O. The Kier molecular flexibility index (Phi) is 3.86. The van der Waals surface area contributed by atoms with Crippen molar-refractivity contribution >= 4 is 24.2 Å². The Labute approximate surface area is 134 Å². The van der Waals surface area contributed by atoms with Crippen LogP contribution in [-0.4, -0.2) is 5.91 Å². The van der Waals surface area contributed by atoms with E-state index in [1.165, 1.54) is 0 Å². The van der Waals surface area contributed by atoms with E-state index in [1.54, 1.807) is 0 Å². The van der Waals surface area contributed by atoms with Crippen LogP contribution in [0.2, 0.25) is 0 Å². The lowest BCUT2D eigenvalue weighted by molar-refractivity contribution is -0.118. The molecule has 2 aromatic carbocycles. The molecule has 0 fully saturated rings. The highest BCUT2D eigenvalue weighted by atomic mass is 32.1. The van der Waals surface area contributed by atoms with Gasteiger partial charge in [-0.1, -0.05) is 48.5 Å². The maximum Gasteiger partial charge on any atom is 0.266 e. The predicted molar refractivity (Wildman–Crippen MR) is 87.9 cm³/mol. The summed E-state index contributed by atoms with van der Waals surface area (Å²) in [6.07, 6.45) is -0.402. The summed E-state index contributed by atoms with van der Waals surface area (Å²) in [6, 6.07) is 21.1. The van der Waals surface area contributed by atoms with Crippen LogP contribution in [0.4, 0.5) is 5.69 Å². The first-order chi connectivity index (χ1) is 10.7. The minimum Gasteiger partial charge on any atom is -0.327 e. The zero-order valence-corrected chi connectivity index (χ0v) is 12.5. The van der Waals surface area contributed by atoms with E-state index in [-0.39, 0.29) is 5.57 Å². The Balaban J connectivity index is 2.15. The molecule has 1 atom stereocenters. The van der Waals surface area contributed by atoms with Crippen LogP contribution in [0.3, 0.4) is 0 Å². The summed E-state index contributed by atoms with van der Waals surface area (Å²) in [5.41, 5.74) is 1.79. The smallest absolute Gasteiger partial charge is 0.266 e. The zero-order valence-electron chi connectivity index (χ0n) is 11.6. The molecule has 0 radical (unpaired) electrons. The number of rotatable bonds is 2. The Bertz CT molecular complexity index is 765. The second kappa shape index (κ2) is 5.96. The van der Waals surface area contributed by atoms with E-state index >= 15 is 0 Å². The van der Waals surface area contributed by atoms with E-state index in [9.17, 15) is 10.1 Å².